The molecule has 1 aromatic carbocycles. The van der Waals surface area contributed by atoms with Gasteiger partial charge in [0.05, 0.1) is 0 Å². The van der Waals surface area contributed by atoms with Crippen LogP contribution in [-0.4, -0.2) is 12.6 Å². The van der Waals surface area contributed by atoms with Gasteiger partial charge in [0.15, 0.2) is 0 Å². The van der Waals surface area contributed by atoms with Gasteiger partial charge in [-0.2, -0.15) is 0 Å². The first-order valence-electron chi connectivity index (χ1n) is 4.31. The van der Waals surface area contributed by atoms with Crippen LogP contribution in [0.1, 0.15) is 5.56 Å². The minimum absolute atomic E-state index is 0.120. The van der Waals surface area contributed by atoms with E-state index in [0.29, 0.717) is 0 Å². The number of oxime groups is 1. The first-order valence-corrected chi connectivity index (χ1v) is 4.31. The van der Waals surface area contributed by atoms with E-state index < -0.39 is 0 Å². The maximum Gasteiger partial charge on any atom is 0.228 e. The van der Waals surface area contributed by atoms with Crippen molar-refractivity contribution in [1.29, 1.82) is 0 Å². The third-order valence-electron chi connectivity index (χ3n) is 1.52. The molecule has 4 nitrogen and oxygen atoms in total. The van der Waals surface area contributed by atoms with E-state index in [0.717, 1.165) is 5.56 Å². The third kappa shape index (κ3) is 4.66. The lowest BCUT2D eigenvalue weighted by Gasteiger charge is -1.94. The molecule has 0 fully saturated rings. The summed E-state index contributed by atoms with van der Waals surface area (Å²) in [7, 11) is 0. The fourth-order valence-corrected chi connectivity index (χ4v) is 0.913. The molecule has 0 atom stereocenters. The third-order valence-corrected chi connectivity index (χ3v) is 1.52. The van der Waals surface area contributed by atoms with Gasteiger partial charge in [-0.15, -0.1) is 0 Å². The van der Waals surface area contributed by atoms with Crippen molar-refractivity contribution in [1.82, 2.24) is 0 Å². The quantitative estimate of drug-likeness (QED) is 0.337. The molecule has 0 radical (unpaired) electrons. The molecule has 4 N–H and O–H groups in total. The van der Waals surface area contributed by atoms with Gasteiger partial charge in [0.25, 0.3) is 0 Å². The summed E-state index contributed by atoms with van der Waals surface area (Å²) in [5.41, 5.74) is 11.0. The molecule has 0 aliphatic rings. The summed E-state index contributed by atoms with van der Waals surface area (Å²) in [6.45, 7) is 0.259. The van der Waals surface area contributed by atoms with Crippen LogP contribution < -0.4 is 11.5 Å². The number of guanidine groups is 1. The molecule has 5 heteroatoms. The Bertz CT molecular complexity index is 355. The molecule has 0 aliphatic carbocycles. The topological polar surface area (TPSA) is 73.6 Å². The number of nitrogens with two attached hydrogens (primary N) is 2. The molecule has 0 saturated heterocycles. The van der Waals surface area contributed by atoms with Crippen molar-refractivity contribution >= 4 is 12.0 Å². The largest absolute Gasteiger partial charge is 0.389 e. The second-order valence-corrected chi connectivity index (χ2v) is 2.77. The standard InChI is InChI=1S/C10H12FN3O/c11-9-5-3-8(4-6-9)2-1-7-15-14-10(12)13/h1-6H,7H2,(H4,12,13,14). The van der Waals surface area contributed by atoms with Gasteiger partial charge in [0.1, 0.15) is 12.4 Å². The molecule has 0 unspecified atom stereocenters. The summed E-state index contributed by atoms with van der Waals surface area (Å²) in [5.74, 6) is -0.380. The van der Waals surface area contributed by atoms with E-state index in [1.165, 1.54) is 12.1 Å². The number of rotatable bonds is 4. The Morgan fingerprint density at radius 1 is 1.33 bits per heavy atom. The van der Waals surface area contributed by atoms with Crippen LogP contribution in [0.5, 0.6) is 0 Å². The molecule has 0 amide bonds. The Morgan fingerprint density at radius 3 is 2.60 bits per heavy atom. The lowest BCUT2D eigenvalue weighted by molar-refractivity contribution is 0.174. The SMILES string of the molecule is NC(N)=NOCC=Cc1ccc(F)cc1. The van der Waals surface area contributed by atoms with Crippen molar-refractivity contribution in [2.45, 2.75) is 0 Å². The first kappa shape index (κ1) is 11.0. The minimum Gasteiger partial charge on any atom is -0.389 e. The van der Waals surface area contributed by atoms with Gasteiger partial charge in [-0.1, -0.05) is 18.2 Å². The van der Waals surface area contributed by atoms with Gasteiger partial charge in [-0.05, 0) is 28.9 Å². The molecule has 0 saturated carbocycles. The number of nitrogens with zero attached hydrogens (tertiary/aromatic N) is 1. The molecule has 0 heterocycles. The molecule has 0 aromatic heterocycles. The van der Waals surface area contributed by atoms with Crippen LogP contribution in [0.4, 0.5) is 4.39 Å². The molecule has 1 aromatic rings. The zero-order valence-electron chi connectivity index (χ0n) is 8.06. The van der Waals surface area contributed by atoms with Crippen LogP contribution in [0.3, 0.4) is 0 Å². The van der Waals surface area contributed by atoms with E-state index in [-0.39, 0.29) is 18.4 Å². The van der Waals surface area contributed by atoms with E-state index >= 15 is 0 Å². The Hall–Kier alpha value is -2.04. The van der Waals surface area contributed by atoms with Gasteiger partial charge in [0, 0.05) is 0 Å². The van der Waals surface area contributed by atoms with Gasteiger partial charge in [-0.3, -0.25) is 0 Å². The van der Waals surface area contributed by atoms with E-state index in [1.807, 2.05) is 0 Å². The monoisotopic (exact) mass is 209 g/mol. The predicted molar refractivity (Wildman–Crippen MR) is 57.2 cm³/mol. The van der Waals surface area contributed by atoms with Crippen molar-refractivity contribution in [3.8, 4) is 0 Å². The highest BCUT2D eigenvalue weighted by molar-refractivity contribution is 5.74. The van der Waals surface area contributed by atoms with Crippen LogP contribution in [0.25, 0.3) is 6.08 Å². The normalized spacial score (nSPS) is 10.2. The zero-order valence-corrected chi connectivity index (χ0v) is 8.06. The van der Waals surface area contributed by atoms with E-state index in [4.69, 9.17) is 16.3 Å². The second-order valence-electron chi connectivity index (χ2n) is 2.77. The zero-order chi connectivity index (χ0) is 11.1. The molecular weight excluding hydrogens is 197 g/mol. The van der Waals surface area contributed by atoms with E-state index in [9.17, 15) is 4.39 Å². The highest BCUT2D eigenvalue weighted by atomic mass is 19.1. The first-order chi connectivity index (χ1) is 7.18. The summed E-state index contributed by atoms with van der Waals surface area (Å²) in [5, 5.41) is 3.33. The molecule has 1 rings (SSSR count). The summed E-state index contributed by atoms with van der Waals surface area (Å²) in [6.07, 6.45) is 3.50. The fraction of sp³-hybridized carbons (Fsp3) is 0.100. The number of hydrogen-bond acceptors (Lipinski definition) is 2. The van der Waals surface area contributed by atoms with Gasteiger partial charge in [0.2, 0.25) is 5.96 Å². The Labute approximate surface area is 87.0 Å². The van der Waals surface area contributed by atoms with E-state index in [2.05, 4.69) is 5.16 Å². The Balaban J connectivity index is 2.38. The fourth-order valence-electron chi connectivity index (χ4n) is 0.913. The van der Waals surface area contributed by atoms with Crippen molar-refractivity contribution in [2.24, 2.45) is 16.6 Å². The van der Waals surface area contributed by atoms with Crippen LogP contribution >= 0.6 is 0 Å². The number of halogens is 1. The van der Waals surface area contributed by atoms with Crippen molar-refractivity contribution in [3.63, 3.8) is 0 Å². The van der Waals surface area contributed by atoms with Crippen LogP contribution in [0.15, 0.2) is 35.5 Å². The average molecular weight is 209 g/mol. The van der Waals surface area contributed by atoms with Crippen LogP contribution in [0, 0.1) is 5.82 Å². The average Bonchev–Trinajstić information content (AvgIpc) is 2.20. The Kier molecular flexibility index (Phi) is 4.15. The van der Waals surface area contributed by atoms with E-state index in [1.54, 1.807) is 24.3 Å². The molecule has 0 spiro atoms. The lowest BCUT2D eigenvalue weighted by Crippen LogP contribution is -2.22. The molecular formula is C10H12FN3O. The summed E-state index contributed by atoms with van der Waals surface area (Å²) in [6, 6.07) is 6.09. The molecule has 15 heavy (non-hydrogen) atoms. The van der Waals surface area contributed by atoms with Crippen LogP contribution in [0.2, 0.25) is 0 Å². The highest BCUT2D eigenvalue weighted by Gasteiger charge is 1.88. The van der Waals surface area contributed by atoms with Crippen LogP contribution in [-0.2, 0) is 4.84 Å². The van der Waals surface area contributed by atoms with Gasteiger partial charge >= 0.3 is 0 Å². The maximum absolute atomic E-state index is 12.5. The highest BCUT2D eigenvalue weighted by Crippen LogP contribution is 2.04. The minimum atomic E-state index is -0.260. The molecule has 0 bridgehead atoms. The Morgan fingerprint density at radius 2 is 2.00 bits per heavy atom. The maximum atomic E-state index is 12.5. The summed E-state index contributed by atoms with van der Waals surface area (Å²) in [4.78, 5) is 4.72. The molecule has 0 aliphatic heterocycles. The second kappa shape index (κ2) is 5.64. The smallest absolute Gasteiger partial charge is 0.228 e. The number of benzene rings is 1. The lowest BCUT2D eigenvalue weighted by atomic mass is 10.2. The van der Waals surface area contributed by atoms with Gasteiger partial charge < -0.3 is 16.3 Å². The number of hydrogen-bond donors (Lipinski definition) is 2. The summed E-state index contributed by atoms with van der Waals surface area (Å²) >= 11 is 0. The van der Waals surface area contributed by atoms with Crippen molar-refractivity contribution < 1.29 is 9.23 Å². The summed E-state index contributed by atoms with van der Waals surface area (Å²) < 4.78 is 12.5. The predicted octanol–water partition coefficient (Wildman–Crippen LogP) is 1.04. The molecule has 80 valence electrons. The van der Waals surface area contributed by atoms with Crippen molar-refractivity contribution in [2.75, 3.05) is 6.61 Å². The van der Waals surface area contributed by atoms with Crippen molar-refractivity contribution in [3.05, 3.63) is 41.7 Å². The van der Waals surface area contributed by atoms with Gasteiger partial charge in [-0.25, -0.2) is 4.39 Å².